The predicted molar refractivity (Wildman–Crippen MR) is 91.0 cm³/mol. The lowest BCUT2D eigenvalue weighted by molar-refractivity contribution is -0.384. The molecule has 0 radical (unpaired) electrons. The Kier molecular flexibility index (Phi) is 4.18. The first-order valence-electron chi connectivity index (χ1n) is 8.00. The molecule has 29 heavy (non-hydrogen) atoms. The lowest BCUT2D eigenvalue weighted by atomic mass is 10.1. The number of rotatable bonds is 4. The maximum absolute atomic E-state index is 12.9. The Bertz CT molecular complexity index is 1290. The van der Waals surface area contributed by atoms with Crippen LogP contribution in [0.25, 0.3) is 22.5 Å². The van der Waals surface area contributed by atoms with Crippen molar-refractivity contribution in [3.8, 4) is 11.4 Å². The molecule has 4 aromatic rings. The van der Waals surface area contributed by atoms with Crippen molar-refractivity contribution in [2.75, 3.05) is 0 Å². The number of hydrogen-bond donors (Lipinski definition) is 0. The minimum absolute atomic E-state index is 0.0786. The zero-order valence-electron chi connectivity index (χ0n) is 14.2. The number of nitrogens with zero attached hydrogens (tertiary/aromatic N) is 4. The summed E-state index contributed by atoms with van der Waals surface area (Å²) < 4.78 is 49.7. The summed E-state index contributed by atoms with van der Waals surface area (Å²) in [7, 11) is 0. The molecule has 0 aliphatic heterocycles. The second-order valence-electron chi connectivity index (χ2n) is 5.95. The van der Waals surface area contributed by atoms with Crippen LogP contribution in [0.1, 0.15) is 11.5 Å². The van der Waals surface area contributed by atoms with E-state index in [4.69, 9.17) is 8.94 Å². The molecule has 9 nitrogen and oxygen atoms in total. The normalized spacial score (nSPS) is 11.8. The van der Waals surface area contributed by atoms with Gasteiger partial charge >= 0.3 is 11.9 Å². The van der Waals surface area contributed by atoms with Gasteiger partial charge in [0.1, 0.15) is 6.54 Å². The van der Waals surface area contributed by atoms with Gasteiger partial charge < -0.3 is 8.94 Å². The number of hydrogen-bond acceptors (Lipinski definition) is 7. The van der Waals surface area contributed by atoms with E-state index in [1.54, 1.807) is 0 Å². The second kappa shape index (κ2) is 6.58. The van der Waals surface area contributed by atoms with Crippen molar-refractivity contribution in [2.24, 2.45) is 0 Å². The molecule has 2 aromatic heterocycles. The molecule has 0 bridgehead atoms. The summed E-state index contributed by atoms with van der Waals surface area (Å²) in [5.74, 6) is -0.994. The molecule has 2 heterocycles. The lowest BCUT2D eigenvalue weighted by Gasteiger charge is -2.06. The van der Waals surface area contributed by atoms with Gasteiger partial charge in [-0.15, -0.1) is 0 Å². The average Bonchev–Trinajstić information content (AvgIpc) is 3.26. The van der Waals surface area contributed by atoms with E-state index in [-0.39, 0.29) is 40.6 Å². The van der Waals surface area contributed by atoms with Crippen LogP contribution in [-0.2, 0) is 12.7 Å². The molecule has 0 N–H and O–H groups in total. The van der Waals surface area contributed by atoms with E-state index in [0.717, 1.165) is 22.8 Å². The summed E-state index contributed by atoms with van der Waals surface area (Å²) in [5.41, 5.74) is -0.774. The number of benzene rings is 2. The first-order valence-corrected chi connectivity index (χ1v) is 8.00. The highest BCUT2D eigenvalue weighted by molar-refractivity contribution is 5.76. The molecule has 0 atom stereocenters. The van der Waals surface area contributed by atoms with Gasteiger partial charge in [-0.05, 0) is 18.2 Å². The third-order valence-corrected chi connectivity index (χ3v) is 4.07. The third kappa shape index (κ3) is 3.47. The first-order chi connectivity index (χ1) is 13.7. The molecule has 0 aliphatic carbocycles. The highest BCUT2D eigenvalue weighted by atomic mass is 19.4. The SMILES string of the molecule is O=c1oc2ccc([N+](=O)[O-])cc2n1Cc1nc(-c2cccc(C(F)(F)F)c2)no1. The standard InChI is InChI=1S/C17H9F3N4O5/c18-17(19,20)10-3-1-2-9(6-10)15-21-14(29-22-15)8-23-12-7-11(24(26)27)4-5-13(12)28-16(23)25/h1-7H,8H2. The van der Waals surface area contributed by atoms with Crippen LogP contribution in [0.4, 0.5) is 18.9 Å². The molecule has 148 valence electrons. The van der Waals surface area contributed by atoms with Crippen LogP contribution < -0.4 is 5.76 Å². The average molecular weight is 406 g/mol. The van der Waals surface area contributed by atoms with E-state index >= 15 is 0 Å². The monoisotopic (exact) mass is 406 g/mol. The fourth-order valence-electron chi connectivity index (χ4n) is 2.72. The maximum atomic E-state index is 12.9. The van der Waals surface area contributed by atoms with Gasteiger partial charge in [0.05, 0.1) is 16.0 Å². The number of fused-ring (bicyclic) bond motifs is 1. The molecule has 12 heteroatoms. The Hall–Kier alpha value is -3.96. The molecular weight excluding hydrogens is 397 g/mol. The topological polar surface area (TPSA) is 117 Å². The van der Waals surface area contributed by atoms with Crippen LogP contribution in [-0.4, -0.2) is 19.6 Å². The number of aromatic nitrogens is 3. The van der Waals surface area contributed by atoms with Gasteiger partial charge in [-0.1, -0.05) is 17.3 Å². The smallest absolute Gasteiger partial charge is 0.408 e. The Morgan fingerprint density at radius 3 is 2.69 bits per heavy atom. The molecule has 0 aliphatic rings. The molecule has 0 saturated carbocycles. The van der Waals surface area contributed by atoms with Crippen LogP contribution in [0.5, 0.6) is 0 Å². The minimum Gasteiger partial charge on any atom is -0.408 e. The van der Waals surface area contributed by atoms with Gasteiger partial charge in [0.2, 0.25) is 11.7 Å². The van der Waals surface area contributed by atoms with Crippen molar-refractivity contribution < 1.29 is 27.0 Å². The number of nitro benzene ring substituents is 1. The van der Waals surface area contributed by atoms with Crippen molar-refractivity contribution in [1.82, 2.24) is 14.7 Å². The number of nitro groups is 1. The quantitative estimate of drug-likeness (QED) is 0.375. The predicted octanol–water partition coefficient (Wildman–Crippen LogP) is 3.62. The molecule has 0 saturated heterocycles. The van der Waals surface area contributed by atoms with E-state index in [9.17, 15) is 28.1 Å². The Balaban J connectivity index is 1.68. The number of alkyl halides is 3. The van der Waals surface area contributed by atoms with Crippen molar-refractivity contribution in [3.05, 3.63) is 74.6 Å². The van der Waals surface area contributed by atoms with Crippen LogP contribution in [0.15, 0.2) is 56.2 Å². The fraction of sp³-hybridized carbons (Fsp3) is 0.118. The van der Waals surface area contributed by atoms with E-state index < -0.39 is 22.4 Å². The third-order valence-electron chi connectivity index (χ3n) is 4.07. The first kappa shape index (κ1) is 18.4. The van der Waals surface area contributed by atoms with Crippen LogP contribution in [0.2, 0.25) is 0 Å². The van der Waals surface area contributed by atoms with E-state index in [2.05, 4.69) is 10.1 Å². The highest BCUT2D eigenvalue weighted by Gasteiger charge is 2.30. The lowest BCUT2D eigenvalue weighted by Crippen LogP contribution is -2.15. The minimum atomic E-state index is -4.53. The zero-order valence-corrected chi connectivity index (χ0v) is 14.2. The van der Waals surface area contributed by atoms with Gasteiger partial charge in [0.15, 0.2) is 5.58 Å². The summed E-state index contributed by atoms with van der Waals surface area (Å²) in [6.45, 7) is -0.279. The molecule has 0 unspecified atom stereocenters. The van der Waals surface area contributed by atoms with Gasteiger partial charge in [-0.25, -0.2) is 4.79 Å². The van der Waals surface area contributed by atoms with Gasteiger partial charge in [-0.2, -0.15) is 18.2 Å². The molecule has 0 fully saturated rings. The fourth-order valence-corrected chi connectivity index (χ4v) is 2.72. The number of non-ortho nitro benzene ring substituents is 1. The van der Waals surface area contributed by atoms with Crippen molar-refractivity contribution in [1.29, 1.82) is 0 Å². The van der Waals surface area contributed by atoms with Gasteiger partial charge in [0, 0.05) is 17.7 Å². The summed E-state index contributed by atoms with van der Waals surface area (Å²) in [4.78, 5) is 26.4. The van der Waals surface area contributed by atoms with Crippen molar-refractivity contribution >= 4 is 16.8 Å². The number of halogens is 3. The molecular formula is C17H9F3N4O5. The van der Waals surface area contributed by atoms with Crippen LogP contribution in [0.3, 0.4) is 0 Å². The second-order valence-corrected chi connectivity index (χ2v) is 5.95. The van der Waals surface area contributed by atoms with E-state index in [0.29, 0.717) is 0 Å². The Morgan fingerprint density at radius 1 is 1.17 bits per heavy atom. The van der Waals surface area contributed by atoms with E-state index in [1.165, 1.54) is 24.3 Å². The van der Waals surface area contributed by atoms with Gasteiger partial charge in [-0.3, -0.25) is 14.7 Å². The Labute approximate surface area is 158 Å². The molecule has 4 rings (SSSR count). The summed E-state index contributed by atoms with van der Waals surface area (Å²) >= 11 is 0. The largest absolute Gasteiger partial charge is 0.420 e. The van der Waals surface area contributed by atoms with E-state index in [1.807, 2.05) is 0 Å². The summed E-state index contributed by atoms with van der Waals surface area (Å²) in [5, 5.41) is 14.6. The summed E-state index contributed by atoms with van der Waals surface area (Å²) in [6, 6.07) is 8.01. The van der Waals surface area contributed by atoms with Crippen LogP contribution >= 0.6 is 0 Å². The zero-order chi connectivity index (χ0) is 20.8. The molecule has 2 aromatic carbocycles. The maximum Gasteiger partial charge on any atom is 0.420 e. The molecule has 0 spiro atoms. The van der Waals surface area contributed by atoms with Crippen LogP contribution in [0, 0.1) is 10.1 Å². The summed E-state index contributed by atoms with van der Waals surface area (Å²) in [6.07, 6.45) is -4.53. The highest BCUT2D eigenvalue weighted by Crippen LogP contribution is 2.31. The Morgan fingerprint density at radius 2 is 1.97 bits per heavy atom. The molecule has 0 amide bonds. The number of oxazole rings is 1. The van der Waals surface area contributed by atoms with Crippen molar-refractivity contribution in [3.63, 3.8) is 0 Å². The van der Waals surface area contributed by atoms with Gasteiger partial charge in [0.25, 0.3) is 5.69 Å². The van der Waals surface area contributed by atoms with Crippen molar-refractivity contribution in [2.45, 2.75) is 12.7 Å².